The lowest BCUT2D eigenvalue weighted by molar-refractivity contribution is -0.145. The Kier molecular flexibility index (Phi) is 8.60. The number of carboxylic acid groups (broad SMARTS) is 1. The van der Waals surface area contributed by atoms with Crippen LogP contribution in [0.15, 0.2) is 0 Å². The van der Waals surface area contributed by atoms with Gasteiger partial charge in [0.25, 0.3) is 0 Å². The van der Waals surface area contributed by atoms with Crippen LogP contribution < -0.4 is 5.73 Å². The van der Waals surface area contributed by atoms with Gasteiger partial charge in [-0.3, -0.25) is 0 Å². The zero-order valence-corrected chi connectivity index (χ0v) is 7.92. The Balaban J connectivity index is 0. The van der Waals surface area contributed by atoms with Gasteiger partial charge in [0.05, 0.1) is 25.4 Å². The molecule has 0 aromatic carbocycles. The van der Waals surface area contributed by atoms with E-state index in [1.54, 1.807) is 0 Å². The van der Waals surface area contributed by atoms with Crippen molar-refractivity contribution in [1.29, 1.82) is 0 Å². The molecule has 14 heavy (non-hydrogen) atoms. The number of aliphatic hydroxyl groups excluding tert-OH is 4. The third-order valence-electron chi connectivity index (χ3n) is 1.30. The number of hydrogen-bond donors (Lipinski definition) is 6. The molecule has 0 fully saturated rings. The summed E-state index contributed by atoms with van der Waals surface area (Å²) >= 11 is 0. The molecule has 1 atom stereocenters. The first-order valence-electron chi connectivity index (χ1n) is 3.85. The van der Waals surface area contributed by atoms with Crippen LogP contribution in [0.4, 0.5) is 0 Å². The Morgan fingerprint density at radius 2 is 1.50 bits per heavy atom. The fraction of sp³-hybridized carbons (Fsp3) is 0.857. The van der Waals surface area contributed by atoms with Crippen LogP contribution in [-0.2, 0) is 4.79 Å². The number of rotatable bonds is 4. The molecule has 7 N–H and O–H groups in total. The molecule has 0 saturated carbocycles. The molecule has 0 rings (SSSR count). The molecule has 1 unspecified atom stereocenters. The molecule has 0 aliphatic rings. The monoisotopic (exact) mass is 211 g/mol. The van der Waals surface area contributed by atoms with Crippen molar-refractivity contribution >= 4 is 5.97 Å². The maximum atomic E-state index is 9.45. The van der Waals surface area contributed by atoms with Gasteiger partial charge in [-0.1, -0.05) is 0 Å². The first kappa shape index (κ1) is 15.7. The summed E-state index contributed by atoms with van der Waals surface area (Å²) in [6, 6.07) is 0. The highest BCUT2D eigenvalue weighted by molar-refractivity contribution is 5.71. The van der Waals surface area contributed by atoms with Crippen LogP contribution >= 0.6 is 0 Å². The highest BCUT2D eigenvalue weighted by Gasteiger charge is 2.20. The molecule has 7 nitrogen and oxygen atoms in total. The second-order valence-corrected chi connectivity index (χ2v) is 2.85. The molecule has 0 aliphatic heterocycles. The summed E-state index contributed by atoms with van der Waals surface area (Å²) in [5, 5.41) is 40.8. The van der Waals surface area contributed by atoms with Crippen LogP contribution in [0.2, 0.25) is 0 Å². The van der Waals surface area contributed by atoms with Gasteiger partial charge in [0.2, 0.25) is 0 Å². The Labute approximate surface area is 81.4 Å². The fourth-order valence-corrected chi connectivity index (χ4v) is 0.150. The van der Waals surface area contributed by atoms with E-state index in [1.807, 2.05) is 0 Å². The van der Waals surface area contributed by atoms with Crippen LogP contribution in [0.1, 0.15) is 6.92 Å². The average Bonchev–Trinajstić information content (AvgIpc) is 2.17. The first-order chi connectivity index (χ1) is 6.32. The zero-order chi connectivity index (χ0) is 11.8. The molecule has 0 spiro atoms. The minimum atomic E-state index is -1.23. The highest BCUT2D eigenvalue weighted by Crippen LogP contribution is 1.93. The number of aliphatic carboxylic acids is 1. The Bertz CT molecular complexity index is 148. The summed E-state index contributed by atoms with van der Waals surface area (Å²) in [6.45, 7) is -0.0116. The molecule has 86 valence electrons. The molecule has 0 radical (unpaired) electrons. The van der Waals surface area contributed by atoms with Gasteiger partial charge in [-0.2, -0.15) is 0 Å². The second kappa shape index (κ2) is 7.65. The molecule has 0 saturated heterocycles. The van der Waals surface area contributed by atoms with Crippen LogP contribution in [0.25, 0.3) is 0 Å². The third-order valence-corrected chi connectivity index (χ3v) is 1.30. The van der Waals surface area contributed by atoms with E-state index in [2.05, 4.69) is 0 Å². The van der Waals surface area contributed by atoms with Gasteiger partial charge < -0.3 is 31.3 Å². The average molecular weight is 211 g/mol. The van der Waals surface area contributed by atoms with Gasteiger partial charge in [0.1, 0.15) is 6.10 Å². The van der Waals surface area contributed by atoms with E-state index in [-0.39, 0.29) is 0 Å². The highest BCUT2D eigenvalue weighted by atomic mass is 16.4. The molecule has 0 aliphatic carbocycles. The summed E-state index contributed by atoms with van der Waals surface area (Å²) in [7, 11) is 0. The van der Waals surface area contributed by atoms with Crippen LogP contribution in [0.3, 0.4) is 0 Å². The van der Waals surface area contributed by atoms with Crippen LogP contribution in [0, 0.1) is 0 Å². The van der Waals surface area contributed by atoms with Crippen molar-refractivity contribution < 1.29 is 30.3 Å². The van der Waals surface area contributed by atoms with Gasteiger partial charge in [0, 0.05) is 0 Å². The normalized spacial score (nSPS) is 12.7. The van der Waals surface area contributed by atoms with Crippen molar-refractivity contribution in [2.24, 2.45) is 5.73 Å². The number of hydrogen-bond acceptors (Lipinski definition) is 6. The lowest BCUT2D eigenvalue weighted by atomic mass is 10.1. The minimum Gasteiger partial charge on any atom is -0.479 e. The van der Waals surface area contributed by atoms with Crippen molar-refractivity contribution in [3.05, 3.63) is 0 Å². The second-order valence-electron chi connectivity index (χ2n) is 2.85. The minimum absolute atomic E-state index is 0.403. The van der Waals surface area contributed by atoms with Gasteiger partial charge in [0.15, 0.2) is 0 Å². The number of aliphatic hydroxyl groups is 4. The molecular formula is C7H17NO6. The molecular weight excluding hydrogens is 194 g/mol. The SMILES string of the molecule is CC(O)C(=O)O.NC(CO)(CO)CO. The van der Waals surface area contributed by atoms with E-state index in [1.165, 1.54) is 6.92 Å². The Morgan fingerprint density at radius 3 is 1.50 bits per heavy atom. The summed E-state index contributed by atoms with van der Waals surface area (Å²) < 4.78 is 0. The van der Waals surface area contributed by atoms with Crippen LogP contribution in [-0.4, -0.2) is 63.0 Å². The molecule has 0 aromatic heterocycles. The van der Waals surface area contributed by atoms with E-state index < -0.39 is 37.4 Å². The lowest BCUT2D eigenvalue weighted by Crippen LogP contribution is -2.50. The summed E-state index contributed by atoms with van der Waals surface area (Å²) in [5.41, 5.74) is 3.94. The topological polar surface area (TPSA) is 144 Å². The molecule has 0 bridgehead atoms. The van der Waals surface area contributed by atoms with E-state index in [0.717, 1.165) is 0 Å². The lowest BCUT2D eigenvalue weighted by Gasteiger charge is -2.20. The van der Waals surface area contributed by atoms with Crippen molar-refractivity contribution in [3.8, 4) is 0 Å². The van der Waals surface area contributed by atoms with Crippen molar-refractivity contribution in [2.45, 2.75) is 18.6 Å². The van der Waals surface area contributed by atoms with E-state index in [0.29, 0.717) is 0 Å². The zero-order valence-electron chi connectivity index (χ0n) is 7.92. The summed E-state index contributed by atoms with van der Waals surface area (Å²) in [5.74, 6) is -1.19. The number of carboxylic acids is 1. The van der Waals surface area contributed by atoms with Crippen molar-refractivity contribution in [1.82, 2.24) is 0 Å². The summed E-state index contributed by atoms with van der Waals surface area (Å²) in [4.78, 5) is 9.45. The quantitative estimate of drug-likeness (QED) is 0.293. The molecule has 0 amide bonds. The number of carbonyl (C=O) groups is 1. The van der Waals surface area contributed by atoms with Crippen molar-refractivity contribution in [2.75, 3.05) is 19.8 Å². The van der Waals surface area contributed by atoms with E-state index in [9.17, 15) is 4.79 Å². The third kappa shape index (κ3) is 7.90. The molecule has 7 heteroatoms. The van der Waals surface area contributed by atoms with Gasteiger partial charge in [-0.15, -0.1) is 0 Å². The van der Waals surface area contributed by atoms with E-state index >= 15 is 0 Å². The van der Waals surface area contributed by atoms with Crippen LogP contribution in [0.5, 0.6) is 0 Å². The van der Waals surface area contributed by atoms with Gasteiger partial charge in [-0.25, -0.2) is 4.79 Å². The largest absolute Gasteiger partial charge is 0.479 e. The van der Waals surface area contributed by atoms with Gasteiger partial charge >= 0.3 is 5.97 Å². The smallest absolute Gasteiger partial charge is 0.332 e. The Morgan fingerprint density at radius 1 is 1.29 bits per heavy atom. The van der Waals surface area contributed by atoms with E-state index in [4.69, 9.17) is 31.3 Å². The standard InChI is InChI=1S/C4H11NO3.C3H6O3/c5-4(1-6,2-7)3-8;1-2(4)3(5)6/h6-8H,1-3,5H2;2,4H,1H3,(H,5,6). The summed E-state index contributed by atoms with van der Waals surface area (Å²) in [6.07, 6.45) is -1.23. The predicted octanol–water partition coefficient (Wildman–Crippen LogP) is -2.89. The number of nitrogens with two attached hydrogens (primary N) is 1. The predicted molar refractivity (Wildman–Crippen MR) is 47.5 cm³/mol. The fourth-order valence-electron chi connectivity index (χ4n) is 0.150. The Hall–Kier alpha value is -0.730. The maximum absolute atomic E-state index is 9.45. The maximum Gasteiger partial charge on any atom is 0.332 e. The molecule has 0 heterocycles. The first-order valence-corrected chi connectivity index (χ1v) is 3.85. The van der Waals surface area contributed by atoms with Gasteiger partial charge in [-0.05, 0) is 6.92 Å². The van der Waals surface area contributed by atoms with Crippen molar-refractivity contribution in [3.63, 3.8) is 0 Å². The molecule has 0 aromatic rings.